The molecular weight excluding hydrogens is 340 g/mol. The van der Waals surface area contributed by atoms with E-state index in [9.17, 15) is 14.4 Å². The molecule has 1 aromatic carbocycles. The average Bonchev–Trinajstić information content (AvgIpc) is 2.94. The van der Waals surface area contributed by atoms with Gasteiger partial charge in [0, 0.05) is 11.0 Å². The van der Waals surface area contributed by atoms with Gasteiger partial charge >= 0.3 is 5.97 Å². The minimum absolute atomic E-state index is 0.204. The summed E-state index contributed by atoms with van der Waals surface area (Å²) in [4.78, 5) is 36.3. The topological polar surface area (TPSA) is 86.7 Å². The largest absolute Gasteiger partial charge is 0.480 e. The van der Waals surface area contributed by atoms with Crippen LogP contribution < -0.4 is 5.32 Å². The summed E-state index contributed by atoms with van der Waals surface area (Å²) < 4.78 is 0.638. The quantitative estimate of drug-likeness (QED) is 0.851. The van der Waals surface area contributed by atoms with Gasteiger partial charge in [-0.3, -0.25) is 9.59 Å². The Labute approximate surface area is 130 Å². The lowest BCUT2D eigenvalue weighted by molar-refractivity contribution is -0.147. The monoisotopic (exact) mass is 354 g/mol. The summed E-state index contributed by atoms with van der Waals surface area (Å²) in [6, 6.07) is 6.10. The second kappa shape index (κ2) is 6.71. The molecule has 2 amide bonds. The van der Waals surface area contributed by atoms with E-state index in [1.807, 2.05) is 0 Å². The maximum atomic E-state index is 12.0. The number of halogens is 1. The fraction of sp³-hybridized carbons (Fsp3) is 0.357. The van der Waals surface area contributed by atoms with Crippen LogP contribution in [0.2, 0.25) is 0 Å². The van der Waals surface area contributed by atoms with Crippen molar-refractivity contribution in [1.29, 1.82) is 0 Å². The number of amides is 2. The number of hydrogen-bond donors (Lipinski definition) is 2. The first kappa shape index (κ1) is 15.5. The van der Waals surface area contributed by atoms with E-state index in [-0.39, 0.29) is 18.4 Å². The van der Waals surface area contributed by atoms with Crippen molar-refractivity contribution in [3.63, 3.8) is 0 Å². The molecule has 6 nitrogen and oxygen atoms in total. The van der Waals surface area contributed by atoms with Gasteiger partial charge < -0.3 is 15.3 Å². The number of rotatable bonds is 4. The summed E-state index contributed by atoms with van der Waals surface area (Å²) >= 11 is 3.26. The third kappa shape index (κ3) is 3.60. The van der Waals surface area contributed by atoms with E-state index in [1.54, 1.807) is 24.3 Å². The second-order valence-corrected chi connectivity index (χ2v) is 5.60. The van der Waals surface area contributed by atoms with Crippen molar-refractivity contribution in [3.8, 4) is 0 Å². The molecule has 1 aromatic rings. The van der Waals surface area contributed by atoms with Gasteiger partial charge in [0.15, 0.2) is 0 Å². The van der Waals surface area contributed by atoms with Gasteiger partial charge in [0.25, 0.3) is 5.91 Å². The molecule has 1 aliphatic heterocycles. The van der Waals surface area contributed by atoms with E-state index in [0.29, 0.717) is 29.4 Å². The van der Waals surface area contributed by atoms with E-state index < -0.39 is 12.0 Å². The Kier molecular flexibility index (Phi) is 4.95. The van der Waals surface area contributed by atoms with Crippen molar-refractivity contribution in [2.24, 2.45) is 0 Å². The molecule has 0 saturated carbocycles. The summed E-state index contributed by atoms with van der Waals surface area (Å²) in [5.74, 6) is -1.75. The van der Waals surface area contributed by atoms with Crippen molar-refractivity contribution < 1.29 is 19.5 Å². The number of hydrogen-bond acceptors (Lipinski definition) is 3. The van der Waals surface area contributed by atoms with Gasteiger partial charge in [-0.1, -0.05) is 12.1 Å². The standard InChI is InChI=1S/C14H15BrN2O4/c15-10-5-2-1-4-9(10)13(19)16-8-12(18)17-7-3-6-11(17)14(20)21/h1-2,4-5,11H,3,6-8H2,(H,16,19)(H,20,21)/t11-/m1/s1. The molecule has 21 heavy (non-hydrogen) atoms. The Morgan fingerprint density at radius 2 is 2.05 bits per heavy atom. The van der Waals surface area contributed by atoms with Gasteiger partial charge in [-0.05, 0) is 40.9 Å². The highest BCUT2D eigenvalue weighted by molar-refractivity contribution is 9.10. The minimum Gasteiger partial charge on any atom is -0.480 e. The third-order valence-corrected chi connectivity index (χ3v) is 4.07. The molecule has 2 N–H and O–H groups in total. The smallest absolute Gasteiger partial charge is 0.326 e. The first-order valence-corrected chi connectivity index (χ1v) is 7.35. The van der Waals surface area contributed by atoms with Crippen LogP contribution >= 0.6 is 15.9 Å². The molecule has 0 bridgehead atoms. The molecule has 1 saturated heterocycles. The van der Waals surface area contributed by atoms with Crippen LogP contribution in [0.25, 0.3) is 0 Å². The zero-order valence-electron chi connectivity index (χ0n) is 11.2. The van der Waals surface area contributed by atoms with E-state index in [4.69, 9.17) is 5.11 Å². The highest BCUT2D eigenvalue weighted by Crippen LogP contribution is 2.18. The van der Waals surface area contributed by atoms with Crippen LogP contribution in [0, 0.1) is 0 Å². The lowest BCUT2D eigenvalue weighted by Gasteiger charge is -2.21. The second-order valence-electron chi connectivity index (χ2n) is 4.75. The third-order valence-electron chi connectivity index (χ3n) is 3.38. The number of carboxylic acids is 1. The molecule has 0 aromatic heterocycles. The van der Waals surface area contributed by atoms with Crippen LogP contribution in [0.3, 0.4) is 0 Å². The Morgan fingerprint density at radius 3 is 2.71 bits per heavy atom. The summed E-state index contributed by atoms with van der Waals surface area (Å²) in [6.45, 7) is 0.213. The highest BCUT2D eigenvalue weighted by Gasteiger charge is 2.33. The fourth-order valence-electron chi connectivity index (χ4n) is 2.32. The predicted octanol–water partition coefficient (Wildman–Crippen LogP) is 1.25. The normalized spacial score (nSPS) is 17.6. The van der Waals surface area contributed by atoms with E-state index in [0.717, 1.165) is 0 Å². The SMILES string of the molecule is O=C(NCC(=O)N1CCC[C@@H]1C(=O)O)c1ccccc1Br. The van der Waals surface area contributed by atoms with Gasteiger partial charge in [-0.2, -0.15) is 0 Å². The van der Waals surface area contributed by atoms with Crippen molar-refractivity contribution in [2.75, 3.05) is 13.1 Å². The van der Waals surface area contributed by atoms with Gasteiger partial charge in [0.05, 0.1) is 12.1 Å². The molecule has 0 unspecified atom stereocenters. The molecule has 1 heterocycles. The Hall–Kier alpha value is -1.89. The molecule has 2 rings (SSSR count). The first-order valence-electron chi connectivity index (χ1n) is 6.55. The summed E-state index contributed by atoms with van der Waals surface area (Å²) in [6.07, 6.45) is 1.13. The molecule has 0 spiro atoms. The van der Waals surface area contributed by atoms with Gasteiger partial charge in [-0.25, -0.2) is 4.79 Å². The predicted molar refractivity (Wildman–Crippen MR) is 78.8 cm³/mol. The Balaban J connectivity index is 1.94. The number of carbonyl (C=O) groups is 3. The molecule has 0 radical (unpaired) electrons. The van der Waals surface area contributed by atoms with E-state index >= 15 is 0 Å². The average molecular weight is 355 g/mol. The molecule has 7 heteroatoms. The van der Waals surface area contributed by atoms with Gasteiger partial charge in [0.1, 0.15) is 6.04 Å². The minimum atomic E-state index is -1.00. The Morgan fingerprint density at radius 1 is 1.33 bits per heavy atom. The lowest BCUT2D eigenvalue weighted by Crippen LogP contribution is -2.45. The molecule has 0 aliphatic carbocycles. The summed E-state index contributed by atoms with van der Waals surface area (Å²) in [5.41, 5.74) is 0.432. The highest BCUT2D eigenvalue weighted by atomic mass is 79.9. The summed E-state index contributed by atoms with van der Waals surface area (Å²) in [5, 5.41) is 11.6. The lowest BCUT2D eigenvalue weighted by atomic mass is 10.2. The molecular formula is C14H15BrN2O4. The zero-order chi connectivity index (χ0) is 15.4. The number of carboxylic acid groups (broad SMARTS) is 1. The maximum absolute atomic E-state index is 12.0. The maximum Gasteiger partial charge on any atom is 0.326 e. The number of aliphatic carboxylic acids is 1. The molecule has 112 valence electrons. The van der Waals surface area contributed by atoms with Crippen molar-refractivity contribution in [3.05, 3.63) is 34.3 Å². The van der Waals surface area contributed by atoms with Crippen molar-refractivity contribution >= 4 is 33.7 Å². The van der Waals surface area contributed by atoms with E-state index in [2.05, 4.69) is 21.2 Å². The van der Waals surface area contributed by atoms with Gasteiger partial charge in [0.2, 0.25) is 5.91 Å². The van der Waals surface area contributed by atoms with Crippen molar-refractivity contribution in [1.82, 2.24) is 10.2 Å². The van der Waals surface area contributed by atoms with Crippen LogP contribution in [0.15, 0.2) is 28.7 Å². The molecule has 1 aliphatic rings. The number of nitrogens with zero attached hydrogens (tertiary/aromatic N) is 1. The van der Waals surface area contributed by atoms with E-state index in [1.165, 1.54) is 4.90 Å². The van der Waals surface area contributed by atoms with Crippen molar-refractivity contribution in [2.45, 2.75) is 18.9 Å². The first-order chi connectivity index (χ1) is 10.0. The van der Waals surface area contributed by atoms with Crippen LogP contribution in [0.4, 0.5) is 0 Å². The fourth-order valence-corrected chi connectivity index (χ4v) is 2.78. The van der Waals surface area contributed by atoms with Crippen LogP contribution in [-0.2, 0) is 9.59 Å². The van der Waals surface area contributed by atoms with Crippen LogP contribution in [-0.4, -0.2) is 46.9 Å². The number of benzene rings is 1. The van der Waals surface area contributed by atoms with Gasteiger partial charge in [-0.15, -0.1) is 0 Å². The molecule has 1 fully saturated rings. The zero-order valence-corrected chi connectivity index (χ0v) is 12.8. The Bertz CT molecular complexity index is 576. The number of nitrogens with one attached hydrogen (secondary N) is 1. The number of likely N-dealkylation sites (tertiary alicyclic amines) is 1. The van der Waals surface area contributed by atoms with Crippen LogP contribution in [0.5, 0.6) is 0 Å². The summed E-state index contributed by atoms with van der Waals surface area (Å²) in [7, 11) is 0. The molecule has 1 atom stereocenters. The number of carbonyl (C=O) groups excluding carboxylic acids is 2. The van der Waals surface area contributed by atoms with Crippen LogP contribution in [0.1, 0.15) is 23.2 Å².